The third-order valence-electron chi connectivity index (χ3n) is 3.25. The van der Waals surface area contributed by atoms with Crippen LogP contribution in [0.5, 0.6) is 0 Å². The lowest BCUT2D eigenvalue weighted by Crippen LogP contribution is -2.26. The molecule has 0 aliphatic carbocycles. The Kier molecular flexibility index (Phi) is 7.51. The zero-order chi connectivity index (χ0) is 13.2. The summed E-state index contributed by atoms with van der Waals surface area (Å²) in [6.45, 7) is 5.73. The summed E-state index contributed by atoms with van der Waals surface area (Å²) in [5.41, 5.74) is 1.44. The minimum absolute atomic E-state index is 1.14. The lowest BCUT2D eigenvalue weighted by atomic mass is 10.2. The molecule has 1 aliphatic heterocycles. The molecular weight excluding hydrogens is 220 g/mol. The highest BCUT2D eigenvalue weighted by atomic mass is 15.1. The van der Waals surface area contributed by atoms with E-state index in [1.807, 2.05) is 0 Å². The molecule has 0 radical (unpaired) electrons. The van der Waals surface area contributed by atoms with Crippen molar-refractivity contribution in [3.63, 3.8) is 0 Å². The van der Waals surface area contributed by atoms with Crippen molar-refractivity contribution in [3.8, 4) is 0 Å². The summed E-state index contributed by atoms with van der Waals surface area (Å²) < 4.78 is 0. The highest BCUT2D eigenvalue weighted by molar-refractivity contribution is 5.06. The van der Waals surface area contributed by atoms with Gasteiger partial charge in [0.15, 0.2) is 0 Å². The molecule has 0 saturated heterocycles. The van der Waals surface area contributed by atoms with Gasteiger partial charge >= 0.3 is 0 Å². The van der Waals surface area contributed by atoms with E-state index in [2.05, 4.69) is 61.2 Å². The summed E-state index contributed by atoms with van der Waals surface area (Å²) in [7, 11) is 4.29. The van der Waals surface area contributed by atoms with Crippen molar-refractivity contribution in [2.45, 2.75) is 32.6 Å². The van der Waals surface area contributed by atoms with Crippen LogP contribution in [0.15, 0.2) is 36.1 Å². The fourth-order valence-corrected chi connectivity index (χ4v) is 2.14. The molecule has 1 aliphatic rings. The first-order valence-electron chi connectivity index (χ1n) is 7.08. The van der Waals surface area contributed by atoms with Crippen LogP contribution in [-0.2, 0) is 0 Å². The van der Waals surface area contributed by atoms with E-state index in [0.29, 0.717) is 0 Å². The summed E-state index contributed by atoms with van der Waals surface area (Å²) in [5.74, 6) is 0. The van der Waals surface area contributed by atoms with Gasteiger partial charge in [-0.25, -0.2) is 0 Å². The van der Waals surface area contributed by atoms with Gasteiger partial charge in [-0.3, -0.25) is 0 Å². The molecule has 1 rings (SSSR count). The van der Waals surface area contributed by atoms with Crippen molar-refractivity contribution in [1.29, 1.82) is 0 Å². The number of nitrogens with zero attached hydrogens (tertiary/aromatic N) is 2. The Morgan fingerprint density at radius 1 is 1.11 bits per heavy atom. The Hall–Kier alpha value is -1.02. The van der Waals surface area contributed by atoms with Crippen molar-refractivity contribution in [2.24, 2.45) is 0 Å². The van der Waals surface area contributed by atoms with Gasteiger partial charge in [0.05, 0.1) is 0 Å². The first kappa shape index (κ1) is 15.0. The van der Waals surface area contributed by atoms with Gasteiger partial charge in [-0.15, -0.1) is 0 Å². The van der Waals surface area contributed by atoms with Gasteiger partial charge < -0.3 is 9.80 Å². The smallest absolute Gasteiger partial charge is 0.0209 e. The Balaban J connectivity index is 2.49. The molecule has 0 saturated carbocycles. The fraction of sp³-hybridized carbons (Fsp3) is 0.625. The Labute approximate surface area is 113 Å². The van der Waals surface area contributed by atoms with Crippen LogP contribution >= 0.6 is 0 Å². The molecule has 0 N–H and O–H groups in total. The number of allylic oxidation sites excluding steroid dienone is 5. The summed E-state index contributed by atoms with van der Waals surface area (Å²) in [6.07, 6.45) is 15.9. The predicted molar refractivity (Wildman–Crippen MR) is 80.6 cm³/mol. The second-order valence-corrected chi connectivity index (χ2v) is 5.21. The van der Waals surface area contributed by atoms with E-state index in [9.17, 15) is 0 Å². The second kappa shape index (κ2) is 8.98. The Bertz CT molecular complexity index is 300. The van der Waals surface area contributed by atoms with Crippen molar-refractivity contribution < 1.29 is 0 Å². The fourth-order valence-electron chi connectivity index (χ4n) is 2.14. The van der Waals surface area contributed by atoms with Crippen LogP contribution in [0.1, 0.15) is 32.6 Å². The summed E-state index contributed by atoms with van der Waals surface area (Å²) >= 11 is 0. The van der Waals surface area contributed by atoms with Gasteiger partial charge in [0, 0.05) is 18.8 Å². The van der Waals surface area contributed by atoms with E-state index in [1.54, 1.807) is 0 Å². The lowest BCUT2D eigenvalue weighted by Gasteiger charge is -2.26. The minimum atomic E-state index is 1.14. The van der Waals surface area contributed by atoms with Gasteiger partial charge in [-0.1, -0.05) is 30.4 Å². The van der Waals surface area contributed by atoms with Crippen LogP contribution in [0.4, 0.5) is 0 Å². The number of hydrogen-bond donors (Lipinski definition) is 0. The van der Waals surface area contributed by atoms with Crippen LogP contribution in [0, 0.1) is 0 Å². The van der Waals surface area contributed by atoms with Crippen LogP contribution < -0.4 is 0 Å². The first-order chi connectivity index (χ1) is 8.70. The molecule has 102 valence electrons. The summed E-state index contributed by atoms with van der Waals surface area (Å²) in [6, 6.07) is 0. The molecule has 0 aromatic carbocycles. The molecule has 0 aromatic heterocycles. The van der Waals surface area contributed by atoms with Gasteiger partial charge in [-0.2, -0.15) is 0 Å². The molecule has 0 amide bonds. The molecule has 2 nitrogen and oxygen atoms in total. The monoisotopic (exact) mass is 248 g/mol. The molecular formula is C16H28N2. The maximum absolute atomic E-state index is 2.53. The lowest BCUT2D eigenvalue weighted by molar-refractivity contribution is 0.311. The quantitative estimate of drug-likeness (QED) is 0.752. The molecule has 0 bridgehead atoms. The Morgan fingerprint density at radius 3 is 2.56 bits per heavy atom. The van der Waals surface area contributed by atoms with Crippen LogP contribution in [0.2, 0.25) is 0 Å². The van der Waals surface area contributed by atoms with E-state index in [-0.39, 0.29) is 0 Å². The zero-order valence-electron chi connectivity index (χ0n) is 12.2. The van der Waals surface area contributed by atoms with Gasteiger partial charge in [-0.05, 0) is 53.2 Å². The molecule has 0 spiro atoms. The highest BCUT2D eigenvalue weighted by Gasteiger charge is 2.04. The number of hydrogen-bond acceptors (Lipinski definition) is 2. The second-order valence-electron chi connectivity index (χ2n) is 5.21. The highest BCUT2D eigenvalue weighted by Crippen LogP contribution is 2.10. The molecule has 0 fully saturated rings. The molecule has 1 heterocycles. The maximum Gasteiger partial charge on any atom is 0.0209 e. The molecule has 0 aromatic rings. The third-order valence-corrected chi connectivity index (χ3v) is 3.25. The normalized spacial score (nSPS) is 24.2. The van der Waals surface area contributed by atoms with E-state index in [1.165, 1.54) is 25.2 Å². The predicted octanol–water partition coefficient (Wildman–Crippen LogP) is 3.44. The molecule has 0 atom stereocenters. The van der Waals surface area contributed by atoms with Crippen molar-refractivity contribution in [3.05, 3.63) is 36.1 Å². The molecule has 2 heteroatoms. The van der Waals surface area contributed by atoms with E-state index in [4.69, 9.17) is 0 Å². The summed E-state index contributed by atoms with van der Waals surface area (Å²) in [4.78, 5) is 4.79. The van der Waals surface area contributed by atoms with E-state index >= 15 is 0 Å². The average Bonchev–Trinajstić information content (AvgIpc) is 2.37. The SMILES string of the molecule is C/C1=C/CC/C=C/C=C\CCN1CCCN(C)C. The Morgan fingerprint density at radius 2 is 1.83 bits per heavy atom. The minimum Gasteiger partial charge on any atom is -0.375 e. The topological polar surface area (TPSA) is 6.48 Å². The largest absolute Gasteiger partial charge is 0.375 e. The van der Waals surface area contributed by atoms with Gasteiger partial charge in [0.1, 0.15) is 0 Å². The van der Waals surface area contributed by atoms with Gasteiger partial charge in [0.2, 0.25) is 0 Å². The van der Waals surface area contributed by atoms with Crippen molar-refractivity contribution in [2.75, 3.05) is 33.7 Å². The maximum atomic E-state index is 2.53. The van der Waals surface area contributed by atoms with Crippen LogP contribution in [-0.4, -0.2) is 43.5 Å². The molecule has 18 heavy (non-hydrogen) atoms. The van der Waals surface area contributed by atoms with Gasteiger partial charge in [0.25, 0.3) is 0 Å². The first-order valence-corrected chi connectivity index (χ1v) is 7.08. The van der Waals surface area contributed by atoms with Crippen LogP contribution in [0.3, 0.4) is 0 Å². The van der Waals surface area contributed by atoms with Crippen LogP contribution in [0.25, 0.3) is 0 Å². The standard InChI is InChI=1S/C16H28N2/c1-16-12-9-7-5-4-6-8-10-14-18(16)15-11-13-17(2)3/h4-6,8,12H,7,9-11,13-15H2,1-3H3/b5-4+,8-6-,16-12-. The average molecular weight is 248 g/mol. The van der Waals surface area contributed by atoms with E-state index in [0.717, 1.165) is 25.8 Å². The summed E-state index contributed by atoms with van der Waals surface area (Å²) in [5, 5.41) is 0. The van der Waals surface area contributed by atoms with E-state index < -0.39 is 0 Å². The molecule has 0 unspecified atom stereocenters. The van der Waals surface area contributed by atoms with Crippen molar-refractivity contribution in [1.82, 2.24) is 9.80 Å². The number of rotatable bonds is 4. The zero-order valence-corrected chi connectivity index (χ0v) is 12.2. The third kappa shape index (κ3) is 6.65. The van der Waals surface area contributed by atoms with Crippen molar-refractivity contribution >= 4 is 0 Å².